The molecule has 24 rings (SSSR count). The van der Waals surface area contributed by atoms with Crippen molar-refractivity contribution in [3.05, 3.63) is 330 Å². The quantitative estimate of drug-likeness (QED) is 0.0453. The number of carboxylic acid groups (broad SMARTS) is 6. The first-order valence-corrected chi connectivity index (χ1v) is 43.1. The summed E-state index contributed by atoms with van der Waals surface area (Å²) in [6.07, 6.45) is 0. The predicted molar refractivity (Wildman–Crippen MR) is 516 cm³/mol. The molecular weight excluding hydrogens is 1800 g/mol. The highest BCUT2D eigenvalue weighted by atomic mass is 32.1. The number of hydrogen-bond donors (Lipinski definition) is 12. The van der Waals surface area contributed by atoms with Gasteiger partial charge < -0.3 is 53.7 Å². The molecule has 674 valence electrons. The summed E-state index contributed by atoms with van der Waals surface area (Å²) in [6.45, 7) is 0. The number of hydrogen-bond acceptors (Lipinski definition) is 19. The molecule has 137 heavy (non-hydrogen) atoms. The topological polar surface area (TPSA) is 450 Å². The monoisotopic (exact) mass is 1860 g/mol. The number of carbonyl (C=O) groups is 6. The van der Waals surface area contributed by atoms with E-state index in [2.05, 4.69) is 79.4 Å². The summed E-state index contributed by atoms with van der Waals surface area (Å²) >= 11 is 3.13. The molecule has 24 aromatic rings. The molecule has 0 amide bonds. The van der Waals surface area contributed by atoms with E-state index in [-0.39, 0.29) is 55.4 Å². The van der Waals surface area contributed by atoms with Crippen molar-refractivity contribution in [2.45, 2.75) is 0 Å². The molecule has 0 saturated heterocycles. The van der Waals surface area contributed by atoms with Gasteiger partial charge in [0.05, 0.1) is 125 Å². The summed E-state index contributed by atoms with van der Waals surface area (Å²) in [6, 6.07) is 84.0. The van der Waals surface area contributed by atoms with Crippen molar-refractivity contribution in [3.63, 3.8) is 0 Å². The zero-order valence-electron chi connectivity index (χ0n) is 71.4. The Labute approximate surface area is 774 Å². The second-order valence-electron chi connectivity index (χ2n) is 30.7. The lowest BCUT2D eigenvalue weighted by Crippen LogP contribution is -2.00. The number of rotatable bonds is 15. The standard InChI is InChI=1S/C19H14N2O3.C18H11FN2O2.C17H12N2O4.C17H12N2O3S.C16H9FN2O3.C16H9FN2O2S/c1-24-18-14(19(22)23)8-9-15-16(18)17(21-20-15)13-7-6-11-4-2-3-5-12(11)10-13;19-16-13(18(22)23)7-8-14-15(16)17(21-20-14)12-6-5-10-3-1-2-4-11(10)9-12;2*1-22-16-10(17(20)21)6-7-11-14(16)15(19-18-11)13-8-9-4-2-3-5-12(9)23-13;2*17-14-9(16(20)21)5-6-10-13(14)15(19-18-10)12-7-8-3-1-2-4-11(8)22-12/h2-10H,1H3,(H,20,21)(H,22,23);1-9H,(H,20,21)(H,22,23);2*2-8H,1H3,(H,18,19)(H,20,21);2*1-7H,(H,18,19)(H,20,21). The highest BCUT2D eigenvalue weighted by Gasteiger charge is 2.29. The molecule has 0 radical (unpaired) electrons. The van der Waals surface area contributed by atoms with Gasteiger partial charge in [-0.2, -0.15) is 30.6 Å². The number of benzene rings is 14. The number of halogens is 3. The minimum absolute atomic E-state index is 0.0822. The van der Waals surface area contributed by atoms with E-state index in [9.17, 15) is 57.3 Å². The normalized spacial score (nSPS) is 11.2. The molecule has 0 unspecified atom stereocenters. The number of nitrogens with one attached hydrogen (secondary N) is 6. The summed E-state index contributed by atoms with van der Waals surface area (Å²) in [5.41, 5.74) is 8.84. The molecule has 0 aliphatic heterocycles. The number of furan rings is 2. The van der Waals surface area contributed by atoms with Gasteiger partial charge in [-0.15, -0.1) is 22.7 Å². The first-order valence-electron chi connectivity index (χ1n) is 41.5. The van der Waals surface area contributed by atoms with Crippen LogP contribution in [0.2, 0.25) is 0 Å². The predicted octanol–water partition coefficient (Wildman–Crippen LogP) is 24.2. The molecule has 34 heteroatoms. The summed E-state index contributed by atoms with van der Waals surface area (Å²) in [5, 5.41) is 108. The Kier molecular flexibility index (Phi) is 23.5. The van der Waals surface area contributed by atoms with Crippen molar-refractivity contribution >= 4 is 188 Å². The Balaban J connectivity index is 0.000000105. The van der Waals surface area contributed by atoms with Gasteiger partial charge in [-0.1, -0.05) is 146 Å². The van der Waals surface area contributed by atoms with E-state index in [0.717, 1.165) is 85.6 Å². The Morgan fingerprint density at radius 3 is 1.07 bits per heavy atom. The van der Waals surface area contributed by atoms with E-state index in [0.29, 0.717) is 94.9 Å². The Morgan fingerprint density at radius 2 is 0.620 bits per heavy atom. The number of carboxylic acids is 6. The van der Waals surface area contributed by atoms with Crippen LogP contribution < -0.4 is 14.2 Å². The zero-order chi connectivity index (χ0) is 95.1. The number of methoxy groups -OCH3 is 3. The van der Waals surface area contributed by atoms with E-state index in [1.165, 1.54) is 92.0 Å². The fraction of sp³-hybridized carbons (Fsp3) is 0.0291. The minimum atomic E-state index is -1.32. The second kappa shape index (κ2) is 36.6. The van der Waals surface area contributed by atoms with Crippen molar-refractivity contribution in [1.82, 2.24) is 61.2 Å². The third-order valence-corrected chi connectivity index (χ3v) is 25.0. The number of aromatic nitrogens is 12. The summed E-state index contributed by atoms with van der Waals surface area (Å²) in [7, 11) is 4.39. The molecule has 0 aliphatic carbocycles. The smallest absolute Gasteiger partial charge is 0.339 e. The van der Waals surface area contributed by atoms with Crippen LogP contribution in [-0.2, 0) is 0 Å². The molecule has 10 heterocycles. The van der Waals surface area contributed by atoms with Crippen LogP contribution in [0.4, 0.5) is 13.2 Å². The number of nitrogens with zero attached hydrogens (tertiary/aromatic N) is 6. The van der Waals surface area contributed by atoms with Gasteiger partial charge in [0.25, 0.3) is 0 Å². The first kappa shape index (κ1) is 87.7. The summed E-state index contributed by atoms with van der Waals surface area (Å²) in [4.78, 5) is 69.4. The van der Waals surface area contributed by atoms with Gasteiger partial charge in [0.1, 0.15) is 85.3 Å². The van der Waals surface area contributed by atoms with Crippen LogP contribution in [0.5, 0.6) is 17.2 Å². The van der Waals surface area contributed by atoms with Crippen molar-refractivity contribution < 1.29 is 95.6 Å². The van der Waals surface area contributed by atoms with Crippen molar-refractivity contribution in [2.24, 2.45) is 0 Å². The van der Waals surface area contributed by atoms with Gasteiger partial charge in [0, 0.05) is 31.3 Å². The largest absolute Gasteiger partial charge is 0.495 e. The molecule has 12 N–H and O–H groups in total. The fourth-order valence-corrected chi connectivity index (χ4v) is 18.4. The Morgan fingerprint density at radius 1 is 0.285 bits per heavy atom. The Bertz CT molecular complexity index is 8500. The average molecular weight is 1870 g/mol. The Hall–Kier alpha value is -18.6. The number of aromatic carboxylic acids is 6. The van der Waals surface area contributed by atoms with Crippen molar-refractivity contribution in [1.29, 1.82) is 0 Å². The van der Waals surface area contributed by atoms with Crippen LogP contribution in [0.3, 0.4) is 0 Å². The lowest BCUT2D eigenvalue weighted by molar-refractivity contribution is 0.0681. The molecule has 10 aromatic heterocycles. The molecule has 0 spiro atoms. The lowest BCUT2D eigenvalue weighted by atomic mass is 10.0. The van der Waals surface area contributed by atoms with Gasteiger partial charge in [-0.25, -0.2) is 41.9 Å². The molecule has 0 atom stereocenters. The SMILES string of the molecule is COc1c(C(=O)O)ccc2n[nH]c(-c3cc4ccccc4o3)c12.COc1c(C(=O)O)ccc2n[nH]c(-c3cc4ccccc4s3)c12.COc1c(C(=O)O)ccc2n[nH]c(-c3ccc4ccccc4c3)c12.O=C(O)c1ccc2[nH]nc(-c3cc4ccccc4o3)c2c1F.O=C(O)c1ccc2[nH]nc(-c3cc4ccccc4s3)c2c1F.O=C(O)c1ccc2[nH]nc(-c3ccc4ccccc4c3)c2c1F. The number of thiophene rings is 2. The maximum absolute atomic E-state index is 14.6. The maximum Gasteiger partial charge on any atom is 0.339 e. The maximum atomic E-state index is 14.6. The van der Waals surface area contributed by atoms with Crippen molar-refractivity contribution in [2.75, 3.05) is 21.3 Å². The number of H-pyrrole nitrogens is 6. The fourth-order valence-electron chi connectivity index (χ4n) is 16.3. The minimum Gasteiger partial charge on any atom is -0.495 e. The van der Waals surface area contributed by atoms with E-state index in [1.54, 1.807) is 41.7 Å². The molecular formula is C103H67F3N12O17S2. The van der Waals surface area contributed by atoms with E-state index in [4.69, 9.17) is 38.4 Å². The van der Waals surface area contributed by atoms with Crippen LogP contribution in [0.1, 0.15) is 62.1 Å². The first-order chi connectivity index (χ1) is 66.5. The second-order valence-corrected chi connectivity index (χ2v) is 32.9. The molecule has 0 bridgehead atoms. The number of aromatic amines is 6. The molecule has 0 saturated carbocycles. The van der Waals surface area contributed by atoms with Crippen LogP contribution in [0, 0.1) is 17.5 Å². The van der Waals surface area contributed by atoms with Crippen molar-refractivity contribution in [3.8, 4) is 83.8 Å². The van der Waals surface area contributed by atoms with Gasteiger partial charge in [0.2, 0.25) is 0 Å². The van der Waals surface area contributed by atoms with E-state index >= 15 is 0 Å². The third-order valence-electron chi connectivity index (χ3n) is 22.7. The third kappa shape index (κ3) is 16.6. The van der Waals surface area contributed by atoms with E-state index in [1.807, 2.05) is 176 Å². The molecule has 29 nitrogen and oxygen atoms in total. The number of fused-ring (bicyclic) bond motifs is 12. The molecule has 0 fully saturated rings. The zero-order valence-corrected chi connectivity index (χ0v) is 73.0. The van der Waals surface area contributed by atoms with Gasteiger partial charge in [-0.3, -0.25) is 30.6 Å². The summed E-state index contributed by atoms with van der Waals surface area (Å²) < 4.78 is 73.4. The number of ether oxygens (including phenoxy) is 3. The summed E-state index contributed by atoms with van der Waals surface area (Å²) in [5.74, 6) is -7.50. The van der Waals surface area contributed by atoms with Crippen LogP contribution >= 0.6 is 22.7 Å². The van der Waals surface area contributed by atoms with Crippen LogP contribution in [-0.4, -0.2) is 149 Å². The van der Waals surface area contributed by atoms with Gasteiger partial charge >= 0.3 is 35.8 Å². The van der Waals surface area contributed by atoms with Crippen LogP contribution in [0.25, 0.3) is 196 Å². The lowest BCUT2D eigenvalue weighted by Gasteiger charge is -2.08. The highest BCUT2D eigenvalue weighted by Crippen LogP contribution is 2.45. The average Bonchev–Trinajstić information content (AvgIpc) is 1.62. The number of para-hydroxylation sites is 2. The van der Waals surface area contributed by atoms with Gasteiger partial charge in [0.15, 0.2) is 11.5 Å². The highest BCUT2D eigenvalue weighted by molar-refractivity contribution is 7.22. The van der Waals surface area contributed by atoms with E-state index < -0.39 is 58.8 Å². The van der Waals surface area contributed by atoms with Gasteiger partial charge in [-0.05, 0) is 166 Å². The molecule has 14 aromatic carbocycles. The molecule has 0 aliphatic rings. The van der Waals surface area contributed by atoms with Crippen LogP contribution in [0.15, 0.2) is 288 Å².